The van der Waals surface area contributed by atoms with Crippen molar-refractivity contribution in [2.45, 2.75) is 110 Å². The van der Waals surface area contributed by atoms with Gasteiger partial charge in [-0.1, -0.05) is 50.6 Å². The summed E-state index contributed by atoms with van der Waals surface area (Å²) in [7, 11) is 0. The van der Waals surface area contributed by atoms with E-state index in [4.69, 9.17) is 0 Å². The second-order valence-electron chi connectivity index (χ2n) is 11.9. The summed E-state index contributed by atoms with van der Waals surface area (Å²) < 4.78 is 0. The summed E-state index contributed by atoms with van der Waals surface area (Å²) in [5, 5.41) is 30.5. The maximum atomic E-state index is 10.2. The lowest BCUT2D eigenvalue weighted by atomic mass is 9.59. The van der Waals surface area contributed by atoms with Crippen molar-refractivity contribution in [3.8, 4) is 0 Å². The Kier molecular flexibility index (Phi) is 7.61. The Balaban J connectivity index is 1.71. The molecule has 4 unspecified atom stereocenters. The lowest BCUT2D eigenvalue weighted by molar-refractivity contribution is 0.0447. The fourth-order valence-corrected chi connectivity index (χ4v) is 6.81. The van der Waals surface area contributed by atoms with Crippen LogP contribution in [0.5, 0.6) is 0 Å². The van der Waals surface area contributed by atoms with Crippen molar-refractivity contribution in [3.63, 3.8) is 0 Å². The molecule has 3 nitrogen and oxygen atoms in total. The first kappa shape index (κ1) is 24.7. The summed E-state index contributed by atoms with van der Waals surface area (Å²) in [6.07, 6.45) is 12.8. The molecule has 3 aliphatic rings. The molecule has 3 N–H and O–H groups in total. The molecule has 0 aromatic carbocycles. The molecule has 0 amide bonds. The summed E-state index contributed by atoms with van der Waals surface area (Å²) in [5.74, 6) is 2.69. The lowest BCUT2D eigenvalue weighted by Crippen LogP contribution is -2.37. The van der Waals surface area contributed by atoms with Gasteiger partial charge in [-0.15, -0.1) is 0 Å². The predicted octanol–water partition coefficient (Wildman–Crippen LogP) is 5.95. The van der Waals surface area contributed by atoms with E-state index in [9.17, 15) is 15.3 Å². The molecule has 0 spiro atoms. The van der Waals surface area contributed by atoms with E-state index in [0.29, 0.717) is 41.6 Å². The second kappa shape index (κ2) is 9.53. The van der Waals surface area contributed by atoms with Crippen molar-refractivity contribution >= 4 is 0 Å². The zero-order valence-electron chi connectivity index (χ0n) is 20.5. The normalized spacial score (nSPS) is 39.0. The van der Waals surface area contributed by atoms with Crippen molar-refractivity contribution < 1.29 is 15.3 Å². The molecule has 176 valence electrons. The number of rotatable bonds is 6. The molecule has 0 aliphatic heterocycles. The molecule has 0 aromatic rings. The van der Waals surface area contributed by atoms with Crippen LogP contribution < -0.4 is 0 Å². The van der Waals surface area contributed by atoms with E-state index >= 15 is 0 Å². The van der Waals surface area contributed by atoms with E-state index in [1.807, 2.05) is 13.8 Å². The fraction of sp³-hybridized carbons (Fsp3) is 0.786. The maximum absolute atomic E-state index is 10.2. The van der Waals surface area contributed by atoms with E-state index < -0.39 is 17.8 Å². The zero-order chi connectivity index (χ0) is 23.0. The summed E-state index contributed by atoms with van der Waals surface area (Å²) in [6.45, 7) is 15.0. The molecule has 0 heterocycles. The first-order valence-corrected chi connectivity index (χ1v) is 12.6. The average Bonchev–Trinajstić information content (AvgIpc) is 3.04. The van der Waals surface area contributed by atoms with E-state index in [2.05, 4.69) is 39.5 Å². The van der Waals surface area contributed by atoms with Crippen LogP contribution in [0.2, 0.25) is 0 Å². The minimum atomic E-state index is -0.618. The molecule has 0 radical (unpaired) electrons. The van der Waals surface area contributed by atoms with E-state index in [-0.39, 0.29) is 0 Å². The molecule has 0 saturated heterocycles. The van der Waals surface area contributed by atoms with Gasteiger partial charge >= 0.3 is 0 Å². The lowest BCUT2D eigenvalue weighted by Gasteiger charge is -2.45. The highest BCUT2D eigenvalue weighted by Crippen LogP contribution is 2.60. The minimum absolute atomic E-state index is 0.366. The van der Waals surface area contributed by atoms with Crippen LogP contribution in [0, 0.1) is 29.1 Å². The largest absolute Gasteiger partial charge is 0.390 e. The monoisotopic (exact) mass is 430 g/mol. The van der Waals surface area contributed by atoms with Gasteiger partial charge in [0.25, 0.3) is 0 Å². The highest BCUT2D eigenvalue weighted by molar-refractivity contribution is 5.29. The molecular weight excluding hydrogens is 384 g/mol. The molecular formula is C28H46O3. The second-order valence-corrected chi connectivity index (χ2v) is 11.9. The van der Waals surface area contributed by atoms with Crippen LogP contribution in [0.15, 0.2) is 35.5 Å². The number of hydrogen-bond acceptors (Lipinski definition) is 3. The summed E-state index contributed by atoms with van der Waals surface area (Å²) in [6, 6.07) is 0. The minimum Gasteiger partial charge on any atom is -0.390 e. The quantitative estimate of drug-likeness (QED) is 0.456. The molecule has 0 bridgehead atoms. The molecule has 7 atom stereocenters. The Morgan fingerprint density at radius 3 is 2.39 bits per heavy atom. The molecule has 3 fully saturated rings. The zero-order valence-corrected chi connectivity index (χ0v) is 20.5. The van der Waals surface area contributed by atoms with Gasteiger partial charge < -0.3 is 15.3 Å². The Hall–Kier alpha value is -0.900. The summed E-state index contributed by atoms with van der Waals surface area (Å²) in [4.78, 5) is 0. The van der Waals surface area contributed by atoms with Gasteiger partial charge in [0.1, 0.15) is 0 Å². The highest BCUT2D eigenvalue weighted by atomic mass is 16.3. The van der Waals surface area contributed by atoms with Crippen LogP contribution in [0.4, 0.5) is 0 Å². The van der Waals surface area contributed by atoms with Crippen molar-refractivity contribution in [2.75, 3.05) is 0 Å². The Morgan fingerprint density at radius 2 is 1.77 bits per heavy atom. The van der Waals surface area contributed by atoms with Crippen molar-refractivity contribution in [1.82, 2.24) is 0 Å². The van der Waals surface area contributed by atoms with Crippen LogP contribution in [-0.2, 0) is 0 Å². The Morgan fingerprint density at radius 1 is 1.13 bits per heavy atom. The number of hydrogen-bond donors (Lipinski definition) is 3. The van der Waals surface area contributed by atoms with E-state index in [1.54, 1.807) is 5.57 Å². The number of allylic oxidation sites excluding steroid dienone is 3. The van der Waals surface area contributed by atoms with Crippen molar-refractivity contribution in [2.24, 2.45) is 29.1 Å². The van der Waals surface area contributed by atoms with E-state index in [1.165, 1.54) is 32.1 Å². The van der Waals surface area contributed by atoms with Crippen LogP contribution >= 0.6 is 0 Å². The molecule has 3 aliphatic carbocycles. The first-order valence-electron chi connectivity index (χ1n) is 12.6. The van der Waals surface area contributed by atoms with Crippen LogP contribution in [-0.4, -0.2) is 33.1 Å². The standard InChI is InChI=1S/C28H46O3/c1-18(13-15-27(4,5)31)19(2)23-11-12-24-22(8-7-14-28(23,24)6)10-9-21-16-25(29)20(3)26(30)17-21/h9-10,18-19,23-26,29-31H,3,7-8,11-17H2,1-2,4-6H3/b21-9?,22-10+/t18-,19-,23?,24?,25-,26?,28?/m1/s1. The summed E-state index contributed by atoms with van der Waals surface area (Å²) >= 11 is 0. The van der Waals surface area contributed by atoms with Crippen molar-refractivity contribution in [1.29, 1.82) is 0 Å². The molecule has 3 saturated carbocycles. The van der Waals surface area contributed by atoms with Gasteiger partial charge in [-0.25, -0.2) is 0 Å². The predicted molar refractivity (Wildman–Crippen MR) is 129 cm³/mol. The average molecular weight is 431 g/mol. The third kappa shape index (κ3) is 5.54. The van der Waals surface area contributed by atoms with Gasteiger partial charge in [-0.05, 0) is 106 Å². The third-order valence-electron chi connectivity index (χ3n) is 9.08. The van der Waals surface area contributed by atoms with Gasteiger partial charge in [0.2, 0.25) is 0 Å². The number of aliphatic hydroxyl groups excluding tert-OH is 2. The van der Waals surface area contributed by atoms with Gasteiger partial charge in [0.15, 0.2) is 0 Å². The van der Waals surface area contributed by atoms with E-state index in [0.717, 1.165) is 24.3 Å². The van der Waals surface area contributed by atoms with Gasteiger partial charge in [-0.2, -0.15) is 0 Å². The van der Waals surface area contributed by atoms with Crippen molar-refractivity contribution in [3.05, 3.63) is 35.5 Å². The first-order chi connectivity index (χ1) is 14.4. The van der Waals surface area contributed by atoms with Gasteiger partial charge in [0.05, 0.1) is 17.8 Å². The van der Waals surface area contributed by atoms with Crippen LogP contribution in [0.3, 0.4) is 0 Å². The number of fused-ring (bicyclic) bond motifs is 1. The maximum Gasteiger partial charge on any atom is 0.0809 e. The third-order valence-corrected chi connectivity index (χ3v) is 9.08. The van der Waals surface area contributed by atoms with Gasteiger partial charge in [-0.3, -0.25) is 0 Å². The fourth-order valence-electron chi connectivity index (χ4n) is 6.81. The molecule has 0 aromatic heterocycles. The SMILES string of the molecule is C=C1C(O)CC(=C/C=C2\CCCC3(C)C2CCC3[C@H](C)[C@H](C)CCC(C)(C)O)C[C@H]1O. The summed E-state index contributed by atoms with van der Waals surface area (Å²) in [5.41, 5.74) is 3.06. The van der Waals surface area contributed by atoms with Crippen LogP contribution in [0.1, 0.15) is 92.4 Å². The Labute approximate surface area is 190 Å². The number of aliphatic hydroxyl groups is 3. The topological polar surface area (TPSA) is 60.7 Å². The van der Waals surface area contributed by atoms with Gasteiger partial charge in [0, 0.05) is 0 Å². The molecule has 31 heavy (non-hydrogen) atoms. The van der Waals surface area contributed by atoms with Crippen LogP contribution in [0.25, 0.3) is 0 Å². The molecule has 3 heteroatoms. The highest BCUT2D eigenvalue weighted by Gasteiger charge is 2.51. The molecule has 3 rings (SSSR count). The smallest absolute Gasteiger partial charge is 0.0809 e. The Bertz CT molecular complexity index is 696.